The third kappa shape index (κ3) is 3.05. The second-order valence-corrected chi connectivity index (χ2v) is 5.45. The number of pyridine rings is 1. The number of anilines is 1. The lowest BCUT2D eigenvalue weighted by Gasteiger charge is -2.12. The minimum absolute atomic E-state index is 0.0921. The predicted octanol–water partition coefficient (Wildman–Crippen LogP) is 3.24. The van der Waals surface area contributed by atoms with Gasteiger partial charge in [0.25, 0.3) is 0 Å². The van der Waals surface area contributed by atoms with Crippen LogP contribution in [-0.4, -0.2) is 14.9 Å². The number of nitro groups is 1. The van der Waals surface area contributed by atoms with E-state index in [9.17, 15) is 10.1 Å². The molecule has 0 aliphatic rings. The second kappa shape index (κ2) is 5.31. The van der Waals surface area contributed by atoms with Crippen LogP contribution < -0.4 is 5.32 Å². The molecule has 2 heterocycles. The van der Waals surface area contributed by atoms with Gasteiger partial charge in [0.2, 0.25) is 0 Å². The normalized spacial score (nSPS) is 12.2. The van der Waals surface area contributed by atoms with Crippen LogP contribution in [0, 0.1) is 24.0 Å². The van der Waals surface area contributed by atoms with Crippen molar-refractivity contribution in [1.29, 1.82) is 0 Å². The van der Waals surface area contributed by atoms with Gasteiger partial charge in [-0.2, -0.15) is 0 Å². The largest absolute Gasteiger partial charge is 0.375 e. The van der Waals surface area contributed by atoms with Gasteiger partial charge in [0.1, 0.15) is 0 Å². The average molecular weight is 278 g/mol. The third-order valence-electron chi connectivity index (χ3n) is 2.65. The monoisotopic (exact) mass is 278 g/mol. The minimum Gasteiger partial charge on any atom is -0.375 e. The molecule has 0 spiro atoms. The van der Waals surface area contributed by atoms with Gasteiger partial charge in [0.05, 0.1) is 22.4 Å². The molecule has 1 N–H and O–H groups in total. The molecule has 6 nitrogen and oxygen atoms in total. The summed E-state index contributed by atoms with van der Waals surface area (Å²) in [5.74, 6) is -0.150. The fourth-order valence-corrected chi connectivity index (χ4v) is 2.77. The Morgan fingerprint density at radius 3 is 2.63 bits per heavy atom. The second-order valence-electron chi connectivity index (χ2n) is 4.21. The maximum absolute atomic E-state index is 10.5. The third-order valence-corrected chi connectivity index (χ3v) is 3.91. The van der Waals surface area contributed by atoms with Crippen LogP contribution in [0.25, 0.3) is 0 Å². The smallest absolute Gasteiger partial charge is 0.363 e. The van der Waals surface area contributed by atoms with Gasteiger partial charge >= 0.3 is 5.82 Å². The lowest BCUT2D eigenvalue weighted by atomic mass is 10.2. The van der Waals surface area contributed by atoms with Crippen LogP contribution in [0.4, 0.5) is 11.5 Å². The number of nitrogens with one attached hydrogen (secondary N) is 1. The molecule has 0 aliphatic carbocycles. The van der Waals surface area contributed by atoms with E-state index in [1.165, 1.54) is 12.3 Å². The van der Waals surface area contributed by atoms with Gasteiger partial charge < -0.3 is 15.4 Å². The molecule has 2 aromatic heterocycles. The minimum atomic E-state index is -0.510. The van der Waals surface area contributed by atoms with Crippen LogP contribution in [-0.2, 0) is 0 Å². The highest BCUT2D eigenvalue weighted by molar-refractivity contribution is 7.11. The van der Waals surface area contributed by atoms with Gasteiger partial charge in [0, 0.05) is 10.9 Å². The lowest BCUT2D eigenvalue weighted by molar-refractivity contribution is -0.389. The van der Waals surface area contributed by atoms with Crippen LogP contribution in [0.3, 0.4) is 0 Å². The predicted molar refractivity (Wildman–Crippen MR) is 74.5 cm³/mol. The van der Waals surface area contributed by atoms with E-state index in [-0.39, 0.29) is 11.9 Å². The maximum atomic E-state index is 10.5. The van der Waals surface area contributed by atoms with Crippen LogP contribution in [0.15, 0.2) is 18.3 Å². The Kier molecular flexibility index (Phi) is 3.75. The molecule has 0 aromatic carbocycles. The Hall–Kier alpha value is -2.02. The van der Waals surface area contributed by atoms with Gasteiger partial charge in [-0.3, -0.25) is 0 Å². The summed E-state index contributed by atoms with van der Waals surface area (Å²) in [5, 5.41) is 14.8. The van der Waals surface area contributed by atoms with Crippen molar-refractivity contribution in [3.8, 4) is 0 Å². The van der Waals surface area contributed by atoms with Crippen LogP contribution in [0.2, 0.25) is 0 Å². The van der Waals surface area contributed by atoms with Crippen molar-refractivity contribution in [1.82, 2.24) is 9.97 Å². The molecule has 1 unspecified atom stereocenters. The zero-order valence-corrected chi connectivity index (χ0v) is 11.7. The SMILES string of the molecule is Cc1nc(C)c(C(C)Nc2ccc([N+](=O)[O-])nc2)s1. The molecular weight excluding hydrogens is 264 g/mol. The van der Waals surface area contributed by atoms with Gasteiger partial charge in [-0.05, 0) is 36.7 Å². The summed E-state index contributed by atoms with van der Waals surface area (Å²) in [5.41, 5.74) is 1.76. The van der Waals surface area contributed by atoms with E-state index in [1.54, 1.807) is 17.4 Å². The highest BCUT2D eigenvalue weighted by atomic mass is 32.1. The summed E-state index contributed by atoms with van der Waals surface area (Å²) in [6.45, 7) is 5.98. The van der Waals surface area contributed by atoms with Crippen molar-refractivity contribution in [3.63, 3.8) is 0 Å². The standard InChI is InChI=1S/C12H14N4O2S/c1-7-12(19-9(3)14-7)8(2)15-10-4-5-11(13-6-10)16(17)18/h4-6,8,15H,1-3H3. The maximum Gasteiger partial charge on any atom is 0.363 e. The number of hydrogen-bond donors (Lipinski definition) is 1. The van der Waals surface area contributed by atoms with Crippen molar-refractivity contribution in [2.45, 2.75) is 26.8 Å². The highest BCUT2D eigenvalue weighted by Gasteiger charge is 2.14. The number of aryl methyl sites for hydroxylation is 2. The Morgan fingerprint density at radius 1 is 1.42 bits per heavy atom. The summed E-state index contributed by atoms with van der Waals surface area (Å²) < 4.78 is 0. The zero-order valence-electron chi connectivity index (χ0n) is 10.9. The molecule has 0 saturated carbocycles. The van der Waals surface area contributed by atoms with Gasteiger partial charge in [-0.25, -0.2) is 4.98 Å². The summed E-state index contributed by atoms with van der Waals surface area (Å²) in [6, 6.07) is 3.14. The first-order chi connectivity index (χ1) is 8.97. The molecular formula is C12H14N4O2S. The molecule has 0 aliphatic heterocycles. The fraction of sp³-hybridized carbons (Fsp3) is 0.333. The average Bonchev–Trinajstić information content (AvgIpc) is 2.69. The van der Waals surface area contributed by atoms with Crippen molar-refractivity contribution < 1.29 is 4.92 Å². The molecule has 0 radical (unpaired) electrons. The van der Waals surface area contributed by atoms with Crippen LogP contribution in [0.1, 0.15) is 28.5 Å². The van der Waals surface area contributed by atoms with Crippen LogP contribution >= 0.6 is 11.3 Å². The first-order valence-electron chi connectivity index (χ1n) is 5.78. The summed E-state index contributed by atoms with van der Waals surface area (Å²) >= 11 is 1.65. The van der Waals surface area contributed by atoms with Gasteiger partial charge in [0.15, 0.2) is 6.20 Å². The number of rotatable bonds is 4. The number of aromatic nitrogens is 2. The van der Waals surface area contributed by atoms with Gasteiger partial charge in [-0.15, -0.1) is 11.3 Å². The summed E-state index contributed by atoms with van der Waals surface area (Å²) in [7, 11) is 0. The molecule has 0 amide bonds. The molecule has 100 valence electrons. The van der Waals surface area contributed by atoms with Crippen LogP contribution in [0.5, 0.6) is 0 Å². The van der Waals surface area contributed by atoms with E-state index >= 15 is 0 Å². The van der Waals surface area contributed by atoms with Gasteiger partial charge in [-0.1, -0.05) is 0 Å². The lowest BCUT2D eigenvalue weighted by Crippen LogP contribution is -2.06. The number of nitrogens with zero attached hydrogens (tertiary/aromatic N) is 3. The fourth-order valence-electron chi connectivity index (χ4n) is 1.84. The highest BCUT2D eigenvalue weighted by Crippen LogP contribution is 2.27. The van der Waals surface area contributed by atoms with E-state index in [2.05, 4.69) is 15.3 Å². The molecule has 2 aromatic rings. The molecule has 7 heteroatoms. The summed E-state index contributed by atoms with van der Waals surface area (Å²) in [6.07, 6.45) is 1.47. The Bertz CT molecular complexity index is 594. The number of hydrogen-bond acceptors (Lipinski definition) is 6. The van der Waals surface area contributed by atoms with E-state index < -0.39 is 4.92 Å². The molecule has 19 heavy (non-hydrogen) atoms. The van der Waals surface area contributed by atoms with Crippen molar-refractivity contribution in [2.75, 3.05) is 5.32 Å². The van der Waals surface area contributed by atoms with E-state index in [0.717, 1.165) is 21.3 Å². The first kappa shape index (κ1) is 13.4. The Morgan fingerprint density at radius 2 is 2.16 bits per heavy atom. The van der Waals surface area contributed by atoms with E-state index in [0.29, 0.717) is 0 Å². The van der Waals surface area contributed by atoms with E-state index in [1.807, 2.05) is 20.8 Å². The quantitative estimate of drug-likeness (QED) is 0.686. The van der Waals surface area contributed by atoms with E-state index in [4.69, 9.17) is 0 Å². The first-order valence-corrected chi connectivity index (χ1v) is 6.60. The topological polar surface area (TPSA) is 81.0 Å². The molecule has 0 saturated heterocycles. The Balaban J connectivity index is 2.12. The number of thiazole rings is 1. The summed E-state index contributed by atoms with van der Waals surface area (Å²) in [4.78, 5) is 19.3. The molecule has 1 atom stereocenters. The van der Waals surface area contributed by atoms with Crippen molar-refractivity contribution >= 4 is 22.8 Å². The van der Waals surface area contributed by atoms with Crippen molar-refractivity contribution in [3.05, 3.63) is 44.0 Å². The Labute approximate surface area is 114 Å². The van der Waals surface area contributed by atoms with Crippen molar-refractivity contribution in [2.24, 2.45) is 0 Å². The molecule has 0 fully saturated rings. The molecule has 0 bridgehead atoms. The molecule has 2 rings (SSSR count). The zero-order chi connectivity index (χ0) is 14.0.